The van der Waals surface area contributed by atoms with Gasteiger partial charge in [-0.15, -0.1) is 0 Å². The van der Waals surface area contributed by atoms with Gasteiger partial charge in [0.2, 0.25) is 0 Å². The predicted octanol–water partition coefficient (Wildman–Crippen LogP) is 4.76. The molecule has 0 aliphatic carbocycles. The Morgan fingerprint density at radius 3 is 2.05 bits per heavy atom. The van der Waals surface area contributed by atoms with Crippen LogP contribution in [0.2, 0.25) is 0 Å². The molecule has 0 saturated heterocycles. The molecule has 0 aliphatic rings. The molecule has 0 saturated carbocycles. The van der Waals surface area contributed by atoms with Crippen LogP contribution in [0.15, 0.2) is 24.3 Å². The minimum Gasteiger partial charge on any atom is -0.367 e. The maximum Gasteiger partial charge on any atom is 0.125 e. The van der Waals surface area contributed by atoms with Crippen LogP contribution >= 0.6 is 0 Å². The average molecular weight is 258 g/mol. The highest BCUT2D eigenvalue weighted by atomic mass is 15.0. The first-order valence-electron chi connectivity index (χ1n) is 7.13. The van der Waals surface area contributed by atoms with E-state index in [9.17, 15) is 5.26 Å². The van der Waals surface area contributed by atoms with Crippen LogP contribution in [0.4, 0.5) is 5.69 Å². The van der Waals surface area contributed by atoms with Gasteiger partial charge in [-0.1, -0.05) is 45.9 Å². The molecule has 0 aliphatic heterocycles. The first-order chi connectivity index (χ1) is 8.88. The van der Waals surface area contributed by atoms with Crippen molar-refractivity contribution >= 4 is 5.69 Å². The molecule has 19 heavy (non-hydrogen) atoms. The Morgan fingerprint density at radius 1 is 1.11 bits per heavy atom. The minimum absolute atomic E-state index is 0.464. The summed E-state index contributed by atoms with van der Waals surface area (Å²) in [5.74, 6) is 0.991. The van der Waals surface area contributed by atoms with E-state index in [0.717, 1.165) is 18.5 Å². The molecule has 0 unspecified atom stereocenters. The van der Waals surface area contributed by atoms with Crippen molar-refractivity contribution in [3.05, 3.63) is 29.8 Å². The lowest BCUT2D eigenvalue weighted by Crippen LogP contribution is -2.39. The Balaban J connectivity index is 3.03. The van der Waals surface area contributed by atoms with Crippen LogP contribution in [0.25, 0.3) is 0 Å². The van der Waals surface area contributed by atoms with E-state index < -0.39 is 5.54 Å². The van der Waals surface area contributed by atoms with Gasteiger partial charge in [0.05, 0.1) is 6.07 Å². The number of nitrogens with zero attached hydrogens (tertiary/aromatic N) is 1. The van der Waals surface area contributed by atoms with Crippen molar-refractivity contribution in [2.75, 3.05) is 5.32 Å². The summed E-state index contributed by atoms with van der Waals surface area (Å²) in [6.07, 6.45) is 1.74. The fourth-order valence-corrected chi connectivity index (χ4v) is 2.67. The van der Waals surface area contributed by atoms with Crippen molar-refractivity contribution in [1.82, 2.24) is 0 Å². The molecular formula is C17H26N2. The summed E-state index contributed by atoms with van der Waals surface area (Å²) in [5, 5.41) is 13.2. The summed E-state index contributed by atoms with van der Waals surface area (Å²) >= 11 is 0. The van der Waals surface area contributed by atoms with E-state index in [1.54, 1.807) is 0 Å². The first-order valence-corrected chi connectivity index (χ1v) is 7.13. The monoisotopic (exact) mass is 258 g/mol. The van der Waals surface area contributed by atoms with Crippen LogP contribution in [0.1, 0.15) is 46.1 Å². The van der Waals surface area contributed by atoms with Crippen LogP contribution in [-0.4, -0.2) is 5.54 Å². The Labute approximate surface area is 117 Å². The van der Waals surface area contributed by atoms with Gasteiger partial charge in [-0.05, 0) is 43.2 Å². The van der Waals surface area contributed by atoms with Gasteiger partial charge in [0.1, 0.15) is 5.54 Å². The van der Waals surface area contributed by atoms with Gasteiger partial charge in [-0.2, -0.15) is 5.26 Å². The highest BCUT2D eigenvalue weighted by Gasteiger charge is 2.32. The normalized spacial score (nSPS) is 11.7. The number of hydrogen-bond donors (Lipinski definition) is 1. The van der Waals surface area contributed by atoms with Gasteiger partial charge in [-0.25, -0.2) is 0 Å². The molecule has 1 N–H and O–H groups in total. The molecule has 2 heteroatoms. The lowest BCUT2D eigenvalue weighted by Gasteiger charge is -2.33. The minimum atomic E-state index is -0.464. The summed E-state index contributed by atoms with van der Waals surface area (Å²) in [7, 11) is 0. The summed E-state index contributed by atoms with van der Waals surface area (Å²) in [4.78, 5) is 0. The number of rotatable bonds is 6. The number of para-hydroxylation sites is 1. The molecule has 0 bridgehead atoms. The largest absolute Gasteiger partial charge is 0.367 e. The first kappa shape index (κ1) is 15.6. The highest BCUT2D eigenvalue weighted by Crippen LogP contribution is 2.30. The maximum atomic E-state index is 9.71. The molecule has 0 fully saturated rings. The number of nitrogens with one attached hydrogen (secondary N) is 1. The number of hydrogen-bond acceptors (Lipinski definition) is 2. The maximum absolute atomic E-state index is 9.71. The summed E-state index contributed by atoms with van der Waals surface area (Å²) < 4.78 is 0. The summed E-state index contributed by atoms with van der Waals surface area (Å²) in [6.45, 7) is 10.8. The van der Waals surface area contributed by atoms with E-state index in [1.165, 1.54) is 5.56 Å². The molecule has 1 aromatic rings. The second kappa shape index (κ2) is 6.61. The zero-order valence-corrected chi connectivity index (χ0v) is 12.8. The van der Waals surface area contributed by atoms with Crippen molar-refractivity contribution in [3.8, 4) is 6.07 Å². The molecule has 0 heterocycles. The van der Waals surface area contributed by atoms with E-state index >= 15 is 0 Å². The lowest BCUT2D eigenvalue weighted by molar-refractivity contribution is 0.375. The van der Waals surface area contributed by atoms with Crippen LogP contribution < -0.4 is 5.32 Å². The average Bonchev–Trinajstić information content (AvgIpc) is 2.30. The molecule has 2 nitrogen and oxygen atoms in total. The molecule has 0 spiro atoms. The van der Waals surface area contributed by atoms with E-state index in [4.69, 9.17) is 0 Å². The molecule has 0 radical (unpaired) electrons. The fraction of sp³-hybridized carbons (Fsp3) is 0.588. The smallest absolute Gasteiger partial charge is 0.125 e. The van der Waals surface area contributed by atoms with Crippen molar-refractivity contribution in [2.45, 2.75) is 53.0 Å². The van der Waals surface area contributed by atoms with Gasteiger partial charge < -0.3 is 5.32 Å². The SMILES string of the molecule is Cc1ccccc1NC(C#N)(CC(C)C)CC(C)C. The van der Waals surface area contributed by atoms with Crippen LogP contribution in [0.5, 0.6) is 0 Å². The third-order valence-electron chi connectivity index (χ3n) is 3.25. The number of nitriles is 1. The van der Waals surface area contributed by atoms with Crippen molar-refractivity contribution in [2.24, 2.45) is 11.8 Å². The molecular weight excluding hydrogens is 232 g/mol. The topological polar surface area (TPSA) is 35.8 Å². The highest BCUT2D eigenvalue weighted by molar-refractivity contribution is 5.53. The fourth-order valence-electron chi connectivity index (χ4n) is 2.67. The lowest BCUT2D eigenvalue weighted by atomic mass is 9.82. The second-order valence-electron chi connectivity index (χ2n) is 6.33. The number of benzene rings is 1. The Hall–Kier alpha value is -1.49. The van der Waals surface area contributed by atoms with Gasteiger partial charge in [-0.3, -0.25) is 0 Å². The van der Waals surface area contributed by atoms with Gasteiger partial charge in [0.15, 0.2) is 0 Å². The Kier molecular flexibility index (Phi) is 5.42. The van der Waals surface area contributed by atoms with E-state index in [2.05, 4.69) is 58.1 Å². The van der Waals surface area contributed by atoms with Gasteiger partial charge in [0.25, 0.3) is 0 Å². The van der Waals surface area contributed by atoms with E-state index in [-0.39, 0.29) is 0 Å². The van der Waals surface area contributed by atoms with Crippen LogP contribution in [0.3, 0.4) is 0 Å². The van der Waals surface area contributed by atoms with E-state index in [1.807, 2.05) is 12.1 Å². The van der Waals surface area contributed by atoms with Gasteiger partial charge in [0, 0.05) is 5.69 Å². The molecule has 1 aromatic carbocycles. The van der Waals surface area contributed by atoms with Gasteiger partial charge >= 0.3 is 0 Å². The standard InChI is InChI=1S/C17H26N2/c1-13(2)10-17(12-18,11-14(3)4)19-16-9-7-6-8-15(16)5/h6-9,13-14,19H,10-11H2,1-5H3. The Morgan fingerprint density at radius 2 is 1.63 bits per heavy atom. The van der Waals surface area contributed by atoms with E-state index in [0.29, 0.717) is 11.8 Å². The summed E-state index contributed by atoms with van der Waals surface area (Å²) in [6, 6.07) is 10.7. The van der Waals surface area contributed by atoms with Crippen LogP contribution in [0, 0.1) is 30.1 Å². The van der Waals surface area contributed by atoms with Crippen LogP contribution in [-0.2, 0) is 0 Å². The zero-order chi connectivity index (χ0) is 14.5. The summed E-state index contributed by atoms with van der Waals surface area (Å²) in [5.41, 5.74) is 1.80. The molecule has 0 atom stereocenters. The second-order valence-corrected chi connectivity index (χ2v) is 6.33. The van der Waals surface area contributed by atoms with Crippen molar-refractivity contribution in [1.29, 1.82) is 5.26 Å². The van der Waals surface area contributed by atoms with Crippen molar-refractivity contribution in [3.63, 3.8) is 0 Å². The molecule has 1 rings (SSSR count). The molecule has 0 amide bonds. The number of anilines is 1. The van der Waals surface area contributed by atoms with Crippen molar-refractivity contribution < 1.29 is 0 Å². The predicted molar refractivity (Wildman–Crippen MR) is 82.1 cm³/mol. The Bertz CT molecular complexity index is 431. The third-order valence-corrected chi connectivity index (χ3v) is 3.25. The zero-order valence-electron chi connectivity index (χ0n) is 12.8. The number of aryl methyl sites for hydroxylation is 1. The quantitative estimate of drug-likeness (QED) is 0.798. The molecule has 104 valence electrons. The third kappa shape index (κ3) is 4.59. The molecule has 0 aromatic heterocycles.